The Morgan fingerprint density at radius 1 is 1.72 bits per heavy atom. The van der Waals surface area contributed by atoms with Crippen LogP contribution in [0.3, 0.4) is 0 Å². The number of nitrogens with zero attached hydrogens (tertiary/aromatic N) is 2. The molecule has 1 aliphatic carbocycles. The number of fused-ring (bicyclic) bond motifs is 1. The van der Waals surface area contributed by atoms with Crippen LogP contribution in [0.2, 0.25) is 0 Å². The summed E-state index contributed by atoms with van der Waals surface area (Å²) in [5.74, 6) is 0.0665. The van der Waals surface area contributed by atoms with Gasteiger partial charge in [0, 0.05) is 18.5 Å². The fourth-order valence-electron chi connectivity index (χ4n) is 2.55. The Bertz CT molecular complexity index is 474. The van der Waals surface area contributed by atoms with Gasteiger partial charge in [-0.25, -0.2) is 0 Å². The Balaban J connectivity index is 2.09. The zero-order valence-electron chi connectivity index (χ0n) is 10.8. The van der Waals surface area contributed by atoms with Gasteiger partial charge in [-0.1, -0.05) is 0 Å². The number of aryl methyl sites for hydroxylation is 1. The van der Waals surface area contributed by atoms with Crippen LogP contribution in [0.4, 0.5) is 0 Å². The SMILES string of the molecule is CC(C#N)CN(C)C(=O)C1CCCc2sccc21. The van der Waals surface area contributed by atoms with E-state index in [1.54, 1.807) is 23.3 Å². The molecule has 3 nitrogen and oxygen atoms in total. The molecule has 0 fully saturated rings. The summed E-state index contributed by atoms with van der Waals surface area (Å²) in [6.45, 7) is 2.37. The van der Waals surface area contributed by atoms with Crippen LogP contribution in [-0.4, -0.2) is 24.4 Å². The minimum atomic E-state index is -0.107. The van der Waals surface area contributed by atoms with Crippen LogP contribution in [0.15, 0.2) is 11.4 Å². The third-order valence-electron chi connectivity index (χ3n) is 3.49. The maximum atomic E-state index is 12.4. The molecule has 2 rings (SSSR count). The predicted octanol–water partition coefficient (Wildman–Crippen LogP) is 2.79. The molecule has 1 aromatic rings. The third kappa shape index (κ3) is 2.56. The lowest BCUT2D eigenvalue weighted by atomic mass is 9.86. The molecule has 2 atom stereocenters. The van der Waals surface area contributed by atoms with Crippen LogP contribution in [0.5, 0.6) is 0 Å². The number of carbonyl (C=O) groups is 1. The predicted molar refractivity (Wildman–Crippen MR) is 72.4 cm³/mol. The first-order valence-electron chi connectivity index (χ1n) is 6.34. The Labute approximate surface area is 112 Å². The van der Waals surface area contributed by atoms with Crippen molar-refractivity contribution in [1.82, 2.24) is 4.90 Å². The van der Waals surface area contributed by atoms with Crippen molar-refractivity contribution >= 4 is 17.2 Å². The van der Waals surface area contributed by atoms with Gasteiger partial charge >= 0.3 is 0 Å². The maximum Gasteiger partial charge on any atom is 0.229 e. The fraction of sp³-hybridized carbons (Fsp3) is 0.571. The third-order valence-corrected chi connectivity index (χ3v) is 4.49. The molecule has 2 unspecified atom stereocenters. The van der Waals surface area contributed by atoms with Crippen LogP contribution < -0.4 is 0 Å². The first-order valence-corrected chi connectivity index (χ1v) is 7.22. The fourth-order valence-corrected chi connectivity index (χ4v) is 3.54. The van der Waals surface area contributed by atoms with Gasteiger partial charge in [0.05, 0.1) is 17.9 Å². The molecule has 18 heavy (non-hydrogen) atoms. The average Bonchev–Trinajstić information content (AvgIpc) is 2.85. The molecule has 4 heteroatoms. The molecule has 1 heterocycles. The van der Waals surface area contributed by atoms with E-state index < -0.39 is 0 Å². The van der Waals surface area contributed by atoms with Gasteiger partial charge in [0.2, 0.25) is 5.91 Å². The molecule has 0 aliphatic heterocycles. The number of nitriles is 1. The highest BCUT2D eigenvalue weighted by molar-refractivity contribution is 7.10. The van der Waals surface area contributed by atoms with Gasteiger partial charge < -0.3 is 4.90 Å². The molecule has 1 amide bonds. The Morgan fingerprint density at radius 2 is 2.50 bits per heavy atom. The molecular formula is C14H18N2OS. The van der Waals surface area contributed by atoms with Crippen LogP contribution in [-0.2, 0) is 11.2 Å². The highest BCUT2D eigenvalue weighted by Gasteiger charge is 2.29. The van der Waals surface area contributed by atoms with Crippen LogP contribution >= 0.6 is 11.3 Å². The van der Waals surface area contributed by atoms with Crippen molar-refractivity contribution in [1.29, 1.82) is 5.26 Å². The van der Waals surface area contributed by atoms with E-state index in [1.807, 2.05) is 6.92 Å². The average molecular weight is 262 g/mol. The molecule has 0 saturated carbocycles. The van der Waals surface area contributed by atoms with Crippen LogP contribution in [0, 0.1) is 17.2 Å². The summed E-state index contributed by atoms with van der Waals surface area (Å²) in [6.07, 6.45) is 3.13. The topological polar surface area (TPSA) is 44.1 Å². The van der Waals surface area contributed by atoms with Gasteiger partial charge in [0.1, 0.15) is 0 Å². The molecule has 96 valence electrons. The van der Waals surface area contributed by atoms with E-state index in [0.29, 0.717) is 6.54 Å². The number of carbonyl (C=O) groups excluding carboxylic acids is 1. The summed E-state index contributed by atoms with van der Waals surface area (Å²) >= 11 is 1.75. The lowest BCUT2D eigenvalue weighted by Crippen LogP contribution is -2.35. The van der Waals surface area contributed by atoms with Gasteiger partial charge in [-0.15, -0.1) is 11.3 Å². The van der Waals surface area contributed by atoms with Gasteiger partial charge in [-0.2, -0.15) is 5.26 Å². The summed E-state index contributed by atoms with van der Waals surface area (Å²) in [4.78, 5) is 15.5. The van der Waals surface area contributed by atoms with E-state index in [0.717, 1.165) is 19.3 Å². The first-order chi connectivity index (χ1) is 8.63. The summed E-state index contributed by atoms with van der Waals surface area (Å²) < 4.78 is 0. The number of hydrogen-bond donors (Lipinski definition) is 0. The number of likely N-dealkylation sites (N-methyl/N-ethyl adjacent to an activating group) is 1. The molecule has 0 spiro atoms. The largest absolute Gasteiger partial charge is 0.344 e. The maximum absolute atomic E-state index is 12.4. The highest BCUT2D eigenvalue weighted by atomic mass is 32.1. The van der Waals surface area contributed by atoms with Crippen molar-refractivity contribution in [2.24, 2.45) is 5.92 Å². The Hall–Kier alpha value is -1.34. The monoisotopic (exact) mass is 262 g/mol. The number of amides is 1. The van der Waals surface area contributed by atoms with Crippen molar-refractivity contribution in [3.05, 3.63) is 21.9 Å². The minimum absolute atomic E-state index is 0.0101. The summed E-state index contributed by atoms with van der Waals surface area (Å²) in [6, 6.07) is 4.26. The van der Waals surface area contributed by atoms with E-state index in [2.05, 4.69) is 17.5 Å². The van der Waals surface area contributed by atoms with E-state index in [4.69, 9.17) is 5.26 Å². The summed E-state index contributed by atoms with van der Waals surface area (Å²) in [5, 5.41) is 10.9. The van der Waals surface area contributed by atoms with Gasteiger partial charge in [0.25, 0.3) is 0 Å². The molecule has 0 bridgehead atoms. The highest BCUT2D eigenvalue weighted by Crippen LogP contribution is 2.35. The lowest BCUT2D eigenvalue weighted by Gasteiger charge is -2.27. The molecule has 0 aromatic carbocycles. The number of thiophene rings is 1. The molecule has 0 radical (unpaired) electrons. The number of hydrogen-bond acceptors (Lipinski definition) is 3. The van der Waals surface area contributed by atoms with Gasteiger partial charge in [-0.3, -0.25) is 4.79 Å². The smallest absolute Gasteiger partial charge is 0.229 e. The van der Waals surface area contributed by atoms with Gasteiger partial charge in [-0.05, 0) is 43.2 Å². The van der Waals surface area contributed by atoms with Crippen molar-refractivity contribution in [3.8, 4) is 6.07 Å². The zero-order valence-corrected chi connectivity index (χ0v) is 11.7. The Kier molecular flexibility index (Phi) is 4.03. The van der Waals surface area contributed by atoms with Crippen molar-refractivity contribution in [2.75, 3.05) is 13.6 Å². The molecule has 1 aromatic heterocycles. The van der Waals surface area contributed by atoms with E-state index in [-0.39, 0.29) is 17.7 Å². The van der Waals surface area contributed by atoms with E-state index in [1.165, 1.54) is 10.4 Å². The number of rotatable bonds is 3. The van der Waals surface area contributed by atoms with Crippen LogP contribution in [0.1, 0.15) is 36.1 Å². The van der Waals surface area contributed by atoms with Crippen molar-refractivity contribution in [3.63, 3.8) is 0 Å². The van der Waals surface area contributed by atoms with Crippen molar-refractivity contribution < 1.29 is 4.79 Å². The second-order valence-electron chi connectivity index (χ2n) is 4.99. The standard InChI is InChI=1S/C14H18N2OS/c1-10(8-15)9-16(2)14(17)12-4-3-5-13-11(12)6-7-18-13/h6-7,10,12H,3-5,9H2,1-2H3. The quantitative estimate of drug-likeness (QED) is 0.840. The van der Waals surface area contributed by atoms with Gasteiger partial charge in [0.15, 0.2) is 0 Å². The normalized spacial score (nSPS) is 19.7. The van der Waals surface area contributed by atoms with Crippen molar-refractivity contribution in [2.45, 2.75) is 32.1 Å². The minimum Gasteiger partial charge on any atom is -0.344 e. The molecule has 0 saturated heterocycles. The zero-order chi connectivity index (χ0) is 13.1. The van der Waals surface area contributed by atoms with Crippen LogP contribution in [0.25, 0.3) is 0 Å². The molecule has 1 aliphatic rings. The first kappa shape index (κ1) is 13.1. The van der Waals surface area contributed by atoms with E-state index in [9.17, 15) is 4.79 Å². The second kappa shape index (κ2) is 5.53. The lowest BCUT2D eigenvalue weighted by molar-refractivity contribution is -0.132. The Morgan fingerprint density at radius 3 is 3.22 bits per heavy atom. The summed E-state index contributed by atoms with van der Waals surface area (Å²) in [7, 11) is 1.80. The summed E-state index contributed by atoms with van der Waals surface area (Å²) in [5.41, 5.74) is 1.22. The molecule has 0 N–H and O–H groups in total. The van der Waals surface area contributed by atoms with E-state index >= 15 is 0 Å². The molecular weight excluding hydrogens is 244 g/mol. The second-order valence-corrected chi connectivity index (χ2v) is 5.99.